The molecule has 1 aromatic heterocycles. The Kier molecular flexibility index (Phi) is 5.35. The maximum Gasteiger partial charge on any atom is 0.0477 e. The fourth-order valence-corrected chi connectivity index (χ4v) is 4.35. The summed E-state index contributed by atoms with van der Waals surface area (Å²) in [7, 11) is 0. The number of hydrogen-bond donors (Lipinski definition) is 0. The second-order valence-corrected chi connectivity index (χ2v) is 7.65. The van der Waals surface area contributed by atoms with E-state index < -0.39 is 0 Å². The molecule has 0 bridgehead atoms. The summed E-state index contributed by atoms with van der Waals surface area (Å²) in [6.07, 6.45) is 3.93. The molecule has 0 radical (unpaired) electrons. The molecular formula is C27H28N2. The first-order valence-electron chi connectivity index (χ1n) is 10.4. The molecular weight excluding hydrogens is 352 g/mol. The van der Waals surface area contributed by atoms with Crippen LogP contribution in [0.25, 0.3) is 33.0 Å². The highest BCUT2D eigenvalue weighted by molar-refractivity contribution is 6.06. The van der Waals surface area contributed by atoms with Crippen molar-refractivity contribution >= 4 is 16.5 Å². The topological polar surface area (TPSA) is 16.1 Å². The van der Waals surface area contributed by atoms with Gasteiger partial charge < -0.3 is 4.90 Å². The number of benzene rings is 3. The van der Waals surface area contributed by atoms with Crippen molar-refractivity contribution in [3.05, 3.63) is 84.2 Å². The SMILES string of the molecule is CCN(CC)c1ccncc1-c1c(-c2cc(C)cc(C)c2)ccc2ccccc12. The van der Waals surface area contributed by atoms with E-state index in [9.17, 15) is 0 Å². The molecule has 0 aliphatic rings. The van der Waals surface area contributed by atoms with E-state index in [2.05, 4.69) is 98.2 Å². The molecule has 0 aliphatic carbocycles. The van der Waals surface area contributed by atoms with E-state index in [0.717, 1.165) is 13.1 Å². The molecule has 0 atom stereocenters. The third-order valence-corrected chi connectivity index (χ3v) is 5.63. The van der Waals surface area contributed by atoms with Gasteiger partial charge in [-0.25, -0.2) is 0 Å². The van der Waals surface area contributed by atoms with Crippen LogP contribution in [0.1, 0.15) is 25.0 Å². The summed E-state index contributed by atoms with van der Waals surface area (Å²) >= 11 is 0. The Bertz CT molecular complexity index is 1140. The molecule has 0 amide bonds. The lowest BCUT2D eigenvalue weighted by Crippen LogP contribution is -2.22. The van der Waals surface area contributed by atoms with Crippen LogP contribution in [0.15, 0.2) is 73.1 Å². The van der Waals surface area contributed by atoms with E-state index in [1.165, 1.54) is 49.8 Å². The van der Waals surface area contributed by atoms with Gasteiger partial charge in [0.2, 0.25) is 0 Å². The normalized spacial score (nSPS) is 11.0. The lowest BCUT2D eigenvalue weighted by molar-refractivity contribution is 0.866. The van der Waals surface area contributed by atoms with Crippen molar-refractivity contribution in [3.63, 3.8) is 0 Å². The predicted octanol–water partition coefficient (Wildman–Crippen LogP) is 7.03. The van der Waals surface area contributed by atoms with Crippen LogP contribution in [0.5, 0.6) is 0 Å². The van der Waals surface area contributed by atoms with Gasteiger partial charge in [0.15, 0.2) is 0 Å². The standard InChI is InChI=1S/C27H28N2/c1-5-29(6-2)26-13-14-28-18-25(26)27-23-10-8-7-9-21(23)11-12-24(27)22-16-19(3)15-20(4)17-22/h7-18H,5-6H2,1-4H3. The third kappa shape index (κ3) is 3.63. The molecule has 0 aliphatic heterocycles. The molecule has 0 fully saturated rings. The highest BCUT2D eigenvalue weighted by atomic mass is 15.1. The van der Waals surface area contributed by atoms with Gasteiger partial charge >= 0.3 is 0 Å². The van der Waals surface area contributed by atoms with Crippen molar-refractivity contribution in [3.8, 4) is 22.3 Å². The Labute approximate surface area is 173 Å². The summed E-state index contributed by atoms with van der Waals surface area (Å²) in [4.78, 5) is 6.93. The predicted molar refractivity (Wildman–Crippen MR) is 126 cm³/mol. The molecule has 29 heavy (non-hydrogen) atoms. The van der Waals surface area contributed by atoms with Crippen LogP contribution in [0, 0.1) is 13.8 Å². The van der Waals surface area contributed by atoms with Crippen molar-refractivity contribution in [2.24, 2.45) is 0 Å². The lowest BCUT2D eigenvalue weighted by Gasteiger charge is -2.25. The Balaban J connectivity index is 2.09. The Morgan fingerprint density at radius 1 is 0.793 bits per heavy atom. The van der Waals surface area contributed by atoms with Gasteiger partial charge in [0.05, 0.1) is 0 Å². The first kappa shape index (κ1) is 19.2. The molecule has 3 aromatic carbocycles. The Morgan fingerprint density at radius 3 is 2.24 bits per heavy atom. The van der Waals surface area contributed by atoms with Crippen molar-refractivity contribution in [1.29, 1.82) is 0 Å². The quantitative estimate of drug-likeness (QED) is 0.369. The first-order chi connectivity index (χ1) is 14.1. The smallest absolute Gasteiger partial charge is 0.0477 e. The van der Waals surface area contributed by atoms with Crippen LogP contribution in [0.4, 0.5) is 5.69 Å². The Hall–Kier alpha value is -3.13. The molecule has 1 heterocycles. The van der Waals surface area contributed by atoms with E-state index in [4.69, 9.17) is 0 Å². The van der Waals surface area contributed by atoms with Crippen molar-refractivity contribution in [1.82, 2.24) is 4.98 Å². The fraction of sp³-hybridized carbons (Fsp3) is 0.222. The van der Waals surface area contributed by atoms with E-state index in [0.29, 0.717) is 0 Å². The maximum absolute atomic E-state index is 4.52. The maximum atomic E-state index is 4.52. The van der Waals surface area contributed by atoms with Gasteiger partial charge in [-0.3, -0.25) is 4.98 Å². The van der Waals surface area contributed by atoms with Crippen LogP contribution >= 0.6 is 0 Å². The Morgan fingerprint density at radius 2 is 1.52 bits per heavy atom. The number of aromatic nitrogens is 1. The summed E-state index contributed by atoms with van der Waals surface area (Å²) in [5.41, 5.74) is 8.80. The average molecular weight is 381 g/mol. The number of aryl methyl sites for hydroxylation is 2. The fourth-order valence-electron chi connectivity index (χ4n) is 4.35. The second-order valence-electron chi connectivity index (χ2n) is 7.65. The molecule has 0 saturated heterocycles. The number of nitrogens with zero attached hydrogens (tertiary/aromatic N) is 2. The van der Waals surface area contributed by atoms with Crippen molar-refractivity contribution in [2.45, 2.75) is 27.7 Å². The van der Waals surface area contributed by atoms with E-state index >= 15 is 0 Å². The summed E-state index contributed by atoms with van der Waals surface area (Å²) in [5, 5.41) is 2.52. The molecule has 2 heteroatoms. The van der Waals surface area contributed by atoms with E-state index in [-0.39, 0.29) is 0 Å². The number of hydrogen-bond acceptors (Lipinski definition) is 2. The van der Waals surface area contributed by atoms with Gasteiger partial charge in [-0.05, 0) is 55.7 Å². The van der Waals surface area contributed by atoms with Crippen LogP contribution in [0.3, 0.4) is 0 Å². The van der Waals surface area contributed by atoms with Gasteiger partial charge in [0.1, 0.15) is 0 Å². The molecule has 0 unspecified atom stereocenters. The lowest BCUT2D eigenvalue weighted by atomic mass is 9.88. The van der Waals surface area contributed by atoms with Crippen LogP contribution in [-0.4, -0.2) is 18.1 Å². The number of rotatable bonds is 5. The minimum Gasteiger partial charge on any atom is -0.371 e. The van der Waals surface area contributed by atoms with Gasteiger partial charge in [-0.15, -0.1) is 0 Å². The zero-order valence-electron chi connectivity index (χ0n) is 17.7. The summed E-state index contributed by atoms with van der Waals surface area (Å²) < 4.78 is 0. The molecule has 0 spiro atoms. The third-order valence-electron chi connectivity index (χ3n) is 5.63. The summed E-state index contributed by atoms with van der Waals surface area (Å²) in [6, 6.07) is 22.1. The van der Waals surface area contributed by atoms with E-state index in [1.807, 2.05) is 12.4 Å². The molecule has 146 valence electrons. The van der Waals surface area contributed by atoms with E-state index in [1.54, 1.807) is 0 Å². The monoisotopic (exact) mass is 380 g/mol. The highest BCUT2D eigenvalue weighted by Gasteiger charge is 2.17. The first-order valence-corrected chi connectivity index (χ1v) is 10.4. The number of fused-ring (bicyclic) bond motifs is 1. The van der Waals surface area contributed by atoms with Crippen LogP contribution in [0.2, 0.25) is 0 Å². The van der Waals surface area contributed by atoms with Crippen LogP contribution < -0.4 is 4.90 Å². The second kappa shape index (κ2) is 8.08. The molecule has 0 N–H and O–H groups in total. The highest BCUT2D eigenvalue weighted by Crippen LogP contribution is 2.42. The summed E-state index contributed by atoms with van der Waals surface area (Å²) in [6.45, 7) is 10.7. The minimum atomic E-state index is 0.969. The average Bonchev–Trinajstić information content (AvgIpc) is 2.73. The molecule has 2 nitrogen and oxygen atoms in total. The zero-order chi connectivity index (χ0) is 20.4. The van der Waals surface area contributed by atoms with Gasteiger partial charge in [-0.2, -0.15) is 0 Å². The van der Waals surface area contributed by atoms with Gasteiger partial charge in [-0.1, -0.05) is 65.7 Å². The zero-order valence-corrected chi connectivity index (χ0v) is 17.7. The van der Waals surface area contributed by atoms with Gasteiger partial charge in [0, 0.05) is 42.3 Å². The van der Waals surface area contributed by atoms with Crippen molar-refractivity contribution < 1.29 is 0 Å². The van der Waals surface area contributed by atoms with Crippen LogP contribution in [-0.2, 0) is 0 Å². The summed E-state index contributed by atoms with van der Waals surface area (Å²) in [5.74, 6) is 0. The number of anilines is 1. The molecule has 4 aromatic rings. The largest absolute Gasteiger partial charge is 0.371 e. The van der Waals surface area contributed by atoms with Gasteiger partial charge in [0.25, 0.3) is 0 Å². The number of pyridine rings is 1. The molecule has 0 saturated carbocycles. The van der Waals surface area contributed by atoms with Crippen molar-refractivity contribution in [2.75, 3.05) is 18.0 Å². The minimum absolute atomic E-state index is 0.969. The molecule has 4 rings (SSSR count).